The molecule has 0 saturated carbocycles. The van der Waals surface area contributed by atoms with Crippen LogP contribution in [0.15, 0.2) is 24.3 Å². The zero-order valence-corrected chi connectivity index (χ0v) is 9.92. The fourth-order valence-corrected chi connectivity index (χ4v) is 2.34. The molecule has 1 aromatic heterocycles. The molecule has 0 aliphatic rings. The highest BCUT2D eigenvalue weighted by Crippen LogP contribution is 2.32. The summed E-state index contributed by atoms with van der Waals surface area (Å²) in [5.41, 5.74) is 0.682. The number of carbonyl (C=O) groups excluding carboxylic acids is 1. The minimum atomic E-state index is -0.334. The Morgan fingerprint density at radius 3 is 2.65 bits per heavy atom. The number of hydrogen-bond donors (Lipinski definition) is 1. The molecule has 0 fully saturated rings. The van der Waals surface area contributed by atoms with Gasteiger partial charge in [0.1, 0.15) is 15.7 Å². The molecule has 0 spiro atoms. The van der Waals surface area contributed by atoms with E-state index >= 15 is 0 Å². The van der Waals surface area contributed by atoms with Crippen molar-refractivity contribution in [2.24, 2.45) is 0 Å². The highest BCUT2D eigenvalue weighted by Gasteiger charge is 2.16. The predicted molar refractivity (Wildman–Crippen MR) is 63.8 cm³/mol. The Balaban J connectivity index is 2.41. The van der Waals surface area contributed by atoms with Gasteiger partial charge in [0, 0.05) is 12.0 Å². The number of aromatic nitrogens is 1. The van der Waals surface area contributed by atoms with Crippen LogP contribution in [-0.2, 0) is 0 Å². The summed E-state index contributed by atoms with van der Waals surface area (Å²) in [5, 5.41) is 10.1. The zero-order chi connectivity index (χ0) is 12.4. The first kappa shape index (κ1) is 11.7. The van der Waals surface area contributed by atoms with Crippen LogP contribution in [0.25, 0.3) is 10.6 Å². The van der Waals surface area contributed by atoms with Crippen molar-refractivity contribution in [3.63, 3.8) is 0 Å². The Labute approximate surface area is 102 Å². The Morgan fingerprint density at radius 1 is 1.41 bits per heavy atom. The van der Waals surface area contributed by atoms with Gasteiger partial charge in [-0.2, -0.15) is 0 Å². The maximum atomic E-state index is 12.7. The summed E-state index contributed by atoms with van der Waals surface area (Å²) in [6.07, 6.45) is 0.318. The number of carbonyl (C=O) groups is 1. The summed E-state index contributed by atoms with van der Waals surface area (Å²) in [5.74, 6) is -0.728. The van der Waals surface area contributed by atoms with Crippen LogP contribution >= 0.6 is 11.3 Å². The van der Waals surface area contributed by atoms with E-state index in [2.05, 4.69) is 4.98 Å². The minimum Gasteiger partial charge on any atom is -0.492 e. The van der Waals surface area contributed by atoms with Crippen molar-refractivity contribution in [3.8, 4) is 16.5 Å². The molecule has 5 heteroatoms. The van der Waals surface area contributed by atoms with E-state index in [1.807, 2.05) is 0 Å². The number of hydrogen-bond acceptors (Lipinski definition) is 4. The molecular formula is C12H10FNO2S. The maximum Gasteiger partial charge on any atom is 0.233 e. The normalized spacial score (nSPS) is 10.5. The van der Waals surface area contributed by atoms with E-state index in [1.54, 1.807) is 19.1 Å². The molecule has 0 amide bonds. The lowest BCUT2D eigenvalue weighted by atomic mass is 10.2. The molecule has 2 aromatic rings. The highest BCUT2D eigenvalue weighted by molar-refractivity contribution is 7.17. The average molecular weight is 251 g/mol. The van der Waals surface area contributed by atoms with Crippen LogP contribution in [0.1, 0.15) is 23.0 Å². The number of halogens is 1. The van der Waals surface area contributed by atoms with Gasteiger partial charge in [-0.05, 0) is 24.3 Å². The first-order valence-corrected chi connectivity index (χ1v) is 5.92. The third-order valence-corrected chi connectivity index (χ3v) is 3.41. The number of benzene rings is 1. The van der Waals surface area contributed by atoms with Crippen LogP contribution in [0.4, 0.5) is 4.39 Å². The number of rotatable bonds is 3. The van der Waals surface area contributed by atoms with Crippen molar-refractivity contribution in [2.75, 3.05) is 0 Å². The van der Waals surface area contributed by atoms with Gasteiger partial charge in [0.15, 0.2) is 5.78 Å². The summed E-state index contributed by atoms with van der Waals surface area (Å²) >= 11 is 1.12. The summed E-state index contributed by atoms with van der Waals surface area (Å²) < 4.78 is 12.7. The lowest BCUT2D eigenvalue weighted by Gasteiger charge is -1.94. The van der Waals surface area contributed by atoms with Gasteiger partial charge in [-0.15, -0.1) is 11.3 Å². The summed E-state index contributed by atoms with van der Waals surface area (Å²) in [4.78, 5) is 15.7. The van der Waals surface area contributed by atoms with E-state index in [9.17, 15) is 14.3 Å². The summed E-state index contributed by atoms with van der Waals surface area (Å²) in [6.45, 7) is 1.72. The van der Waals surface area contributed by atoms with Crippen molar-refractivity contribution >= 4 is 17.1 Å². The smallest absolute Gasteiger partial charge is 0.233 e. The van der Waals surface area contributed by atoms with Crippen molar-refractivity contribution < 1.29 is 14.3 Å². The van der Waals surface area contributed by atoms with Gasteiger partial charge >= 0.3 is 0 Å². The van der Waals surface area contributed by atoms with Crippen LogP contribution in [0.5, 0.6) is 5.88 Å². The third-order valence-electron chi connectivity index (χ3n) is 2.27. The molecule has 2 rings (SSSR count). The number of Topliss-reactive ketones (excluding diaryl/α,β-unsaturated/α-hetero) is 1. The second kappa shape index (κ2) is 4.63. The molecule has 0 unspecified atom stereocenters. The molecular weight excluding hydrogens is 241 g/mol. The number of nitrogens with zero attached hydrogens (tertiary/aromatic N) is 1. The van der Waals surface area contributed by atoms with E-state index in [0.717, 1.165) is 11.3 Å². The Bertz CT molecular complexity index is 548. The monoisotopic (exact) mass is 251 g/mol. The van der Waals surface area contributed by atoms with Gasteiger partial charge in [0.05, 0.1) is 0 Å². The molecule has 0 bridgehead atoms. The van der Waals surface area contributed by atoms with Crippen LogP contribution in [0.3, 0.4) is 0 Å². The molecule has 88 valence electrons. The molecule has 1 N–H and O–H groups in total. The summed E-state index contributed by atoms with van der Waals surface area (Å²) in [7, 11) is 0. The van der Waals surface area contributed by atoms with E-state index in [0.29, 0.717) is 17.0 Å². The Kier molecular flexibility index (Phi) is 3.19. The van der Waals surface area contributed by atoms with Gasteiger partial charge in [-0.3, -0.25) is 4.79 Å². The SMILES string of the molecule is CCC(=O)c1sc(-c2ccc(F)cc2)nc1O. The van der Waals surface area contributed by atoms with E-state index < -0.39 is 0 Å². The lowest BCUT2D eigenvalue weighted by Crippen LogP contribution is -1.92. The lowest BCUT2D eigenvalue weighted by molar-refractivity contribution is 0.0989. The molecule has 0 radical (unpaired) electrons. The molecule has 17 heavy (non-hydrogen) atoms. The molecule has 0 aliphatic carbocycles. The molecule has 1 aromatic carbocycles. The van der Waals surface area contributed by atoms with Gasteiger partial charge in [-0.1, -0.05) is 6.92 Å². The third kappa shape index (κ3) is 2.34. The van der Waals surface area contributed by atoms with Gasteiger partial charge < -0.3 is 5.11 Å². The number of ketones is 1. The fraction of sp³-hybridized carbons (Fsp3) is 0.167. The van der Waals surface area contributed by atoms with Crippen LogP contribution < -0.4 is 0 Å². The highest BCUT2D eigenvalue weighted by atomic mass is 32.1. The van der Waals surface area contributed by atoms with Gasteiger partial charge in [-0.25, -0.2) is 9.37 Å². The summed E-state index contributed by atoms with van der Waals surface area (Å²) in [6, 6.07) is 5.76. The van der Waals surface area contributed by atoms with Crippen LogP contribution in [0.2, 0.25) is 0 Å². The van der Waals surface area contributed by atoms with Crippen LogP contribution in [-0.4, -0.2) is 15.9 Å². The van der Waals surface area contributed by atoms with Crippen molar-refractivity contribution in [1.82, 2.24) is 4.98 Å². The largest absolute Gasteiger partial charge is 0.492 e. The van der Waals surface area contributed by atoms with Crippen molar-refractivity contribution in [1.29, 1.82) is 0 Å². The zero-order valence-electron chi connectivity index (χ0n) is 9.11. The first-order chi connectivity index (χ1) is 8.11. The van der Waals surface area contributed by atoms with E-state index in [1.165, 1.54) is 12.1 Å². The van der Waals surface area contributed by atoms with Crippen molar-refractivity contribution in [3.05, 3.63) is 35.0 Å². The van der Waals surface area contributed by atoms with Gasteiger partial charge in [0.25, 0.3) is 0 Å². The molecule has 1 heterocycles. The number of aromatic hydroxyl groups is 1. The Hall–Kier alpha value is -1.75. The van der Waals surface area contributed by atoms with E-state index in [4.69, 9.17) is 0 Å². The Morgan fingerprint density at radius 2 is 2.06 bits per heavy atom. The predicted octanol–water partition coefficient (Wildman–Crippen LogP) is 3.25. The molecule has 3 nitrogen and oxygen atoms in total. The number of thiazole rings is 1. The average Bonchev–Trinajstić information content (AvgIpc) is 2.71. The second-order valence-electron chi connectivity index (χ2n) is 3.46. The minimum absolute atomic E-state index is 0.145. The topological polar surface area (TPSA) is 50.2 Å². The van der Waals surface area contributed by atoms with Crippen LogP contribution in [0, 0.1) is 5.82 Å². The molecule has 0 aliphatic heterocycles. The van der Waals surface area contributed by atoms with Gasteiger partial charge in [0.2, 0.25) is 5.88 Å². The van der Waals surface area contributed by atoms with E-state index in [-0.39, 0.29) is 22.4 Å². The second-order valence-corrected chi connectivity index (χ2v) is 4.45. The molecule has 0 atom stereocenters. The fourth-order valence-electron chi connectivity index (χ4n) is 1.37. The molecule has 0 saturated heterocycles. The quantitative estimate of drug-likeness (QED) is 0.852. The first-order valence-electron chi connectivity index (χ1n) is 5.10. The standard InChI is InChI=1S/C12H10FNO2S/c1-2-9(15)10-11(16)14-12(17-10)7-3-5-8(13)6-4-7/h3-6,16H,2H2,1H3. The maximum absolute atomic E-state index is 12.7. The van der Waals surface area contributed by atoms with Crippen molar-refractivity contribution in [2.45, 2.75) is 13.3 Å².